The summed E-state index contributed by atoms with van der Waals surface area (Å²) in [7, 11) is 1.62. The Bertz CT molecular complexity index is 671. The fourth-order valence-electron chi connectivity index (χ4n) is 2.24. The molecular formula is C15H14ClNO3S. The smallest absolute Gasteiger partial charge is 0.255 e. The minimum Gasteiger partial charge on any atom is -0.496 e. The lowest BCUT2D eigenvalue weighted by atomic mass is 10.0. The Morgan fingerprint density at radius 1 is 1.43 bits per heavy atom. The van der Waals surface area contributed by atoms with Crippen LogP contribution in [0.15, 0.2) is 29.6 Å². The van der Waals surface area contributed by atoms with E-state index in [1.165, 1.54) is 11.3 Å². The minimum atomic E-state index is -0.360. The van der Waals surface area contributed by atoms with Gasteiger partial charge in [-0.2, -0.15) is 0 Å². The van der Waals surface area contributed by atoms with E-state index < -0.39 is 0 Å². The van der Waals surface area contributed by atoms with E-state index in [1.807, 2.05) is 17.5 Å². The summed E-state index contributed by atoms with van der Waals surface area (Å²) in [6, 6.07) is 7.35. The molecule has 0 fully saturated rings. The van der Waals surface area contributed by atoms with Crippen LogP contribution in [0.3, 0.4) is 0 Å². The third kappa shape index (κ3) is 2.71. The van der Waals surface area contributed by atoms with Gasteiger partial charge in [-0.1, -0.05) is 6.07 Å². The third-order valence-electron chi connectivity index (χ3n) is 3.29. The highest BCUT2D eigenvalue weighted by molar-refractivity contribution is 7.10. The molecule has 6 heteroatoms. The molecule has 0 aliphatic carbocycles. The van der Waals surface area contributed by atoms with Gasteiger partial charge in [0.2, 0.25) is 0 Å². The highest BCUT2D eigenvalue weighted by Crippen LogP contribution is 2.40. The number of thiophene rings is 1. The Morgan fingerprint density at radius 2 is 2.29 bits per heavy atom. The number of amides is 1. The maximum atomic E-state index is 12.0. The molecule has 0 radical (unpaired) electrons. The number of carbonyl (C=O) groups is 1. The number of hydrogen-bond acceptors (Lipinski definition) is 4. The van der Waals surface area contributed by atoms with Gasteiger partial charge in [0.15, 0.2) is 0 Å². The van der Waals surface area contributed by atoms with Gasteiger partial charge in [-0.25, -0.2) is 0 Å². The molecule has 0 spiro atoms. The van der Waals surface area contributed by atoms with E-state index in [1.54, 1.807) is 19.2 Å². The van der Waals surface area contributed by atoms with Crippen LogP contribution in [0.5, 0.6) is 11.5 Å². The van der Waals surface area contributed by atoms with Crippen molar-refractivity contribution in [2.24, 2.45) is 0 Å². The van der Waals surface area contributed by atoms with Crippen LogP contribution in [0.25, 0.3) is 0 Å². The SMILES string of the molecule is COc1ccsc1C(Cl)c1ccc2c(c1)C(=O)NCCO2. The molecule has 21 heavy (non-hydrogen) atoms. The minimum absolute atomic E-state index is 0.133. The Labute approximate surface area is 131 Å². The summed E-state index contributed by atoms with van der Waals surface area (Å²) >= 11 is 8.08. The summed E-state index contributed by atoms with van der Waals surface area (Å²) in [6.07, 6.45) is 0. The van der Waals surface area contributed by atoms with Crippen molar-refractivity contribution < 1.29 is 14.3 Å². The quantitative estimate of drug-likeness (QED) is 0.882. The van der Waals surface area contributed by atoms with Crippen LogP contribution in [-0.4, -0.2) is 26.2 Å². The summed E-state index contributed by atoms with van der Waals surface area (Å²) in [5.74, 6) is 1.22. The van der Waals surface area contributed by atoms with Crippen molar-refractivity contribution in [3.8, 4) is 11.5 Å². The molecule has 1 amide bonds. The lowest BCUT2D eigenvalue weighted by Gasteiger charge is -2.13. The Kier molecular flexibility index (Phi) is 4.03. The van der Waals surface area contributed by atoms with Crippen LogP contribution in [-0.2, 0) is 0 Å². The molecule has 1 aromatic carbocycles. The highest BCUT2D eigenvalue weighted by Gasteiger charge is 2.22. The van der Waals surface area contributed by atoms with Gasteiger partial charge >= 0.3 is 0 Å². The number of ether oxygens (including phenoxy) is 2. The van der Waals surface area contributed by atoms with Crippen LogP contribution in [0.1, 0.15) is 26.2 Å². The van der Waals surface area contributed by atoms with Gasteiger partial charge < -0.3 is 14.8 Å². The maximum absolute atomic E-state index is 12.0. The molecule has 1 unspecified atom stereocenters. The average molecular weight is 324 g/mol. The molecule has 2 aromatic rings. The second kappa shape index (κ2) is 5.95. The number of halogens is 1. The number of hydrogen-bond donors (Lipinski definition) is 1. The fraction of sp³-hybridized carbons (Fsp3) is 0.267. The molecule has 1 atom stereocenters. The van der Waals surface area contributed by atoms with E-state index in [9.17, 15) is 4.79 Å². The predicted molar refractivity (Wildman–Crippen MR) is 82.8 cm³/mol. The predicted octanol–water partition coefficient (Wildman–Crippen LogP) is 3.21. The average Bonchev–Trinajstić information content (AvgIpc) is 2.91. The zero-order chi connectivity index (χ0) is 14.8. The summed E-state index contributed by atoms with van der Waals surface area (Å²) in [5.41, 5.74) is 1.36. The van der Waals surface area contributed by atoms with Crippen LogP contribution in [0.2, 0.25) is 0 Å². The first kappa shape index (κ1) is 14.2. The zero-order valence-electron chi connectivity index (χ0n) is 11.4. The number of carbonyl (C=O) groups excluding carboxylic acids is 1. The van der Waals surface area contributed by atoms with Gasteiger partial charge in [0.1, 0.15) is 18.1 Å². The first-order valence-electron chi connectivity index (χ1n) is 6.51. The molecule has 3 rings (SSSR count). The summed E-state index contributed by atoms with van der Waals surface area (Å²) in [4.78, 5) is 13.0. The summed E-state index contributed by atoms with van der Waals surface area (Å²) in [6.45, 7) is 0.979. The first-order valence-corrected chi connectivity index (χ1v) is 7.82. The largest absolute Gasteiger partial charge is 0.496 e. The van der Waals surface area contributed by atoms with Gasteiger partial charge in [0, 0.05) is 0 Å². The van der Waals surface area contributed by atoms with Crippen molar-refractivity contribution in [2.45, 2.75) is 5.38 Å². The molecule has 1 aliphatic rings. The second-order valence-electron chi connectivity index (χ2n) is 4.58. The molecule has 2 heterocycles. The molecular weight excluding hydrogens is 310 g/mol. The Balaban J connectivity index is 1.98. The first-order chi connectivity index (χ1) is 10.2. The van der Waals surface area contributed by atoms with E-state index >= 15 is 0 Å². The van der Waals surface area contributed by atoms with Crippen molar-refractivity contribution in [2.75, 3.05) is 20.3 Å². The van der Waals surface area contributed by atoms with E-state index in [-0.39, 0.29) is 11.3 Å². The number of methoxy groups -OCH3 is 1. The maximum Gasteiger partial charge on any atom is 0.255 e. The molecule has 1 aromatic heterocycles. The summed E-state index contributed by atoms with van der Waals surface area (Å²) in [5, 5.41) is 4.37. The van der Waals surface area contributed by atoms with Crippen molar-refractivity contribution in [3.05, 3.63) is 45.6 Å². The molecule has 4 nitrogen and oxygen atoms in total. The monoisotopic (exact) mass is 323 g/mol. The molecule has 0 saturated heterocycles. The fourth-order valence-corrected chi connectivity index (χ4v) is 3.50. The summed E-state index contributed by atoms with van der Waals surface area (Å²) < 4.78 is 10.8. The van der Waals surface area contributed by atoms with E-state index in [0.29, 0.717) is 24.5 Å². The van der Waals surface area contributed by atoms with E-state index in [4.69, 9.17) is 21.1 Å². The molecule has 0 saturated carbocycles. The molecule has 1 N–H and O–H groups in total. The molecule has 0 bridgehead atoms. The van der Waals surface area contributed by atoms with Crippen LogP contribution in [0, 0.1) is 0 Å². The number of alkyl halides is 1. The number of nitrogens with one attached hydrogen (secondary N) is 1. The number of benzene rings is 1. The van der Waals surface area contributed by atoms with Gasteiger partial charge in [0.25, 0.3) is 5.91 Å². The third-order valence-corrected chi connectivity index (χ3v) is 4.86. The second-order valence-corrected chi connectivity index (χ2v) is 5.96. The van der Waals surface area contributed by atoms with Crippen molar-refractivity contribution in [1.29, 1.82) is 0 Å². The Morgan fingerprint density at radius 3 is 3.10 bits per heavy atom. The van der Waals surface area contributed by atoms with Crippen molar-refractivity contribution in [1.82, 2.24) is 5.32 Å². The van der Waals surface area contributed by atoms with Crippen LogP contribution < -0.4 is 14.8 Å². The topological polar surface area (TPSA) is 47.6 Å². The lowest BCUT2D eigenvalue weighted by Crippen LogP contribution is -2.24. The standard InChI is InChI=1S/C15H14ClNO3S/c1-19-12-4-7-21-14(12)13(16)9-2-3-11-10(8-9)15(18)17-5-6-20-11/h2-4,7-8,13H,5-6H2,1H3,(H,17,18). The highest BCUT2D eigenvalue weighted by atomic mass is 35.5. The van der Waals surface area contributed by atoms with Crippen molar-refractivity contribution >= 4 is 28.8 Å². The molecule has 110 valence electrons. The van der Waals surface area contributed by atoms with Crippen LogP contribution in [0.4, 0.5) is 0 Å². The van der Waals surface area contributed by atoms with Gasteiger partial charge in [-0.05, 0) is 29.1 Å². The molecule has 1 aliphatic heterocycles. The van der Waals surface area contributed by atoms with Gasteiger partial charge in [-0.15, -0.1) is 22.9 Å². The van der Waals surface area contributed by atoms with E-state index in [2.05, 4.69) is 5.32 Å². The number of fused-ring (bicyclic) bond motifs is 1. The zero-order valence-corrected chi connectivity index (χ0v) is 13.0. The number of rotatable bonds is 3. The van der Waals surface area contributed by atoms with E-state index in [0.717, 1.165) is 16.2 Å². The Hall–Kier alpha value is -1.72. The van der Waals surface area contributed by atoms with Gasteiger partial charge in [-0.3, -0.25) is 4.79 Å². The van der Waals surface area contributed by atoms with Crippen molar-refractivity contribution in [3.63, 3.8) is 0 Å². The normalized spacial score (nSPS) is 15.4. The lowest BCUT2D eigenvalue weighted by molar-refractivity contribution is 0.0957. The van der Waals surface area contributed by atoms with Gasteiger partial charge in [0.05, 0.1) is 29.5 Å². The van der Waals surface area contributed by atoms with Crippen LogP contribution >= 0.6 is 22.9 Å².